The minimum Gasteiger partial charge on any atom is -0.465 e. The second-order valence-corrected chi connectivity index (χ2v) is 6.40. The Morgan fingerprint density at radius 3 is 2.81 bits per heavy atom. The highest BCUT2D eigenvalue weighted by molar-refractivity contribution is 5.78. The summed E-state index contributed by atoms with van der Waals surface area (Å²) in [6, 6.07) is 4.50. The first-order valence-electron chi connectivity index (χ1n) is 8.08. The monoisotopic (exact) mass is 292 g/mol. The molecule has 2 heterocycles. The van der Waals surface area contributed by atoms with Crippen LogP contribution in [0.4, 0.5) is 0 Å². The molecule has 0 spiro atoms. The van der Waals surface area contributed by atoms with Crippen molar-refractivity contribution in [2.45, 2.75) is 53.1 Å². The van der Waals surface area contributed by atoms with Crippen LogP contribution in [0.1, 0.15) is 45.1 Å². The first kappa shape index (κ1) is 16.1. The number of hydrogen-bond acceptors (Lipinski definition) is 3. The van der Waals surface area contributed by atoms with Crippen LogP contribution < -0.4 is 5.32 Å². The van der Waals surface area contributed by atoms with E-state index in [2.05, 4.69) is 12.2 Å². The summed E-state index contributed by atoms with van der Waals surface area (Å²) in [5, 5.41) is 3.61. The van der Waals surface area contributed by atoms with Gasteiger partial charge in [-0.1, -0.05) is 27.2 Å². The molecule has 0 aromatic carbocycles. The molecule has 2 rings (SSSR count). The first-order valence-corrected chi connectivity index (χ1v) is 8.08. The lowest BCUT2D eigenvalue weighted by molar-refractivity contribution is -0.136. The molecule has 0 saturated carbocycles. The minimum atomic E-state index is 0.0955. The quantitative estimate of drug-likeness (QED) is 0.907. The molecule has 1 amide bonds. The van der Waals surface area contributed by atoms with Crippen LogP contribution in [0.5, 0.6) is 0 Å². The number of furan rings is 1. The van der Waals surface area contributed by atoms with E-state index in [-0.39, 0.29) is 11.8 Å². The summed E-state index contributed by atoms with van der Waals surface area (Å²) < 4.78 is 5.61. The van der Waals surface area contributed by atoms with E-state index in [9.17, 15) is 4.79 Å². The second-order valence-electron chi connectivity index (χ2n) is 6.40. The zero-order valence-electron chi connectivity index (χ0n) is 13.7. The number of hydrogen-bond donors (Lipinski definition) is 1. The highest BCUT2D eigenvalue weighted by atomic mass is 16.3. The number of aryl methyl sites for hydroxylation is 1. The highest BCUT2D eigenvalue weighted by Crippen LogP contribution is 2.22. The molecule has 4 nitrogen and oxygen atoms in total. The van der Waals surface area contributed by atoms with E-state index in [4.69, 9.17) is 4.42 Å². The van der Waals surface area contributed by atoms with Gasteiger partial charge in [0.1, 0.15) is 11.5 Å². The van der Waals surface area contributed by atoms with Gasteiger partial charge in [-0.3, -0.25) is 4.79 Å². The van der Waals surface area contributed by atoms with Gasteiger partial charge in [0.2, 0.25) is 5.91 Å². The lowest BCUT2D eigenvalue weighted by atomic mass is 9.89. The van der Waals surface area contributed by atoms with Crippen molar-refractivity contribution in [2.75, 3.05) is 13.1 Å². The van der Waals surface area contributed by atoms with Gasteiger partial charge < -0.3 is 14.6 Å². The average Bonchev–Trinajstić information content (AvgIpc) is 2.89. The van der Waals surface area contributed by atoms with Gasteiger partial charge in [-0.25, -0.2) is 0 Å². The van der Waals surface area contributed by atoms with Gasteiger partial charge in [0, 0.05) is 25.0 Å². The third-order valence-corrected chi connectivity index (χ3v) is 4.40. The maximum atomic E-state index is 12.1. The van der Waals surface area contributed by atoms with E-state index in [1.807, 2.05) is 37.8 Å². The van der Waals surface area contributed by atoms with Gasteiger partial charge in [0.05, 0.1) is 6.54 Å². The van der Waals surface area contributed by atoms with Crippen LogP contribution in [-0.4, -0.2) is 29.9 Å². The van der Waals surface area contributed by atoms with Crippen LogP contribution in [0.25, 0.3) is 0 Å². The summed E-state index contributed by atoms with van der Waals surface area (Å²) in [7, 11) is 0. The molecule has 2 atom stereocenters. The number of amides is 1. The van der Waals surface area contributed by atoms with E-state index in [0.29, 0.717) is 12.0 Å². The predicted octanol–water partition coefficient (Wildman–Crippen LogP) is 2.96. The van der Waals surface area contributed by atoms with E-state index >= 15 is 0 Å². The topological polar surface area (TPSA) is 45.5 Å². The molecule has 1 aromatic rings. The highest BCUT2D eigenvalue weighted by Gasteiger charge is 2.30. The normalized spacial score (nSPS) is 22.8. The molecule has 0 unspecified atom stereocenters. The molecule has 1 aliphatic heterocycles. The summed E-state index contributed by atoms with van der Waals surface area (Å²) in [6.07, 6.45) is 2.12. The number of carbonyl (C=O) groups excluding carboxylic acids is 1. The number of rotatable bonds is 5. The third-order valence-electron chi connectivity index (χ3n) is 4.40. The van der Waals surface area contributed by atoms with Crippen molar-refractivity contribution >= 4 is 5.91 Å². The molecule has 1 saturated heterocycles. The number of piperidine rings is 1. The Balaban J connectivity index is 1.88. The van der Waals surface area contributed by atoms with Gasteiger partial charge >= 0.3 is 0 Å². The van der Waals surface area contributed by atoms with Crippen molar-refractivity contribution < 1.29 is 9.21 Å². The van der Waals surface area contributed by atoms with Gasteiger partial charge in [-0.15, -0.1) is 0 Å². The van der Waals surface area contributed by atoms with Crippen molar-refractivity contribution in [1.29, 1.82) is 0 Å². The van der Waals surface area contributed by atoms with E-state index in [0.717, 1.165) is 44.0 Å². The van der Waals surface area contributed by atoms with Crippen LogP contribution in [-0.2, 0) is 11.3 Å². The fraction of sp³-hybridized carbons (Fsp3) is 0.706. The molecular weight excluding hydrogens is 264 g/mol. The summed E-state index contributed by atoms with van der Waals surface area (Å²) in [4.78, 5) is 14.2. The molecule has 21 heavy (non-hydrogen) atoms. The second kappa shape index (κ2) is 7.12. The van der Waals surface area contributed by atoms with Gasteiger partial charge in [-0.2, -0.15) is 0 Å². The number of likely N-dealkylation sites (tertiary alicyclic amines) is 1. The van der Waals surface area contributed by atoms with Crippen molar-refractivity contribution in [3.63, 3.8) is 0 Å². The lowest BCUT2D eigenvalue weighted by Gasteiger charge is -2.39. The fourth-order valence-corrected chi connectivity index (χ4v) is 3.09. The van der Waals surface area contributed by atoms with Crippen molar-refractivity contribution in [3.8, 4) is 0 Å². The molecule has 1 fully saturated rings. The molecule has 1 aromatic heterocycles. The van der Waals surface area contributed by atoms with Gasteiger partial charge in [0.15, 0.2) is 0 Å². The number of nitrogens with one attached hydrogen (secondary N) is 1. The van der Waals surface area contributed by atoms with Crippen LogP contribution >= 0.6 is 0 Å². The molecule has 1 N–H and O–H groups in total. The molecule has 0 radical (unpaired) electrons. The van der Waals surface area contributed by atoms with Crippen LogP contribution in [0, 0.1) is 18.8 Å². The van der Waals surface area contributed by atoms with E-state index in [1.165, 1.54) is 0 Å². The Hall–Kier alpha value is -1.29. The van der Waals surface area contributed by atoms with Gasteiger partial charge in [-0.05, 0) is 31.4 Å². The van der Waals surface area contributed by atoms with Gasteiger partial charge in [0.25, 0.3) is 0 Å². The summed E-state index contributed by atoms with van der Waals surface area (Å²) in [5.74, 6) is 2.85. The Bertz CT molecular complexity index is 467. The predicted molar refractivity (Wildman–Crippen MR) is 83.9 cm³/mol. The van der Waals surface area contributed by atoms with Crippen molar-refractivity contribution in [1.82, 2.24) is 10.2 Å². The standard InChI is InChI=1S/C17H28N2O2/c1-5-14-11-19(17(20)12(2)3)9-8-16(14)18-10-15-7-6-13(4)21-15/h6-7,12,14,16,18H,5,8-11H2,1-4H3/t14-,16+/m1/s1. The SMILES string of the molecule is CC[C@@H]1CN(C(=O)C(C)C)CC[C@@H]1NCc1ccc(C)o1. The minimum absolute atomic E-state index is 0.0955. The van der Waals surface area contributed by atoms with Crippen molar-refractivity contribution in [2.24, 2.45) is 11.8 Å². The molecule has 1 aliphatic rings. The number of carbonyl (C=O) groups is 1. The summed E-state index contributed by atoms with van der Waals surface area (Å²) >= 11 is 0. The molecular formula is C17H28N2O2. The molecule has 0 bridgehead atoms. The van der Waals surface area contributed by atoms with Crippen molar-refractivity contribution in [3.05, 3.63) is 23.7 Å². The molecule has 118 valence electrons. The Morgan fingerprint density at radius 2 is 2.24 bits per heavy atom. The molecule has 0 aliphatic carbocycles. The third kappa shape index (κ3) is 4.10. The Morgan fingerprint density at radius 1 is 1.48 bits per heavy atom. The molecule has 4 heteroatoms. The van der Waals surface area contributed by atoms with Crippen LogP contribution in [0.15, 0.2) is 16.5 Å². The lowest BCUT2D eigenvalue weighted by Crippen LogP contribution is -2.51. The summed E-state index contributed by atoms with van der Waals surface area (Å²) in [5.41, 5.74) is 0. The zero-order valence-corrected chi connectivity index (χ0v) is 13.7. The summed E-state index contributed by atoms with van der Waals surface area (Å²) in [6.45, 7) is 10.6. The smallest absolute Gasteiger partial charge is 0.225 e. The van der Waals surface area contributed by atoms with E-state index < -0.39 is 0 Å². The first-order chi connectivity index (χ1) is 10.0. The zero-order chi connectivity index (χ0) is 15.4. The van der Waals surface area contributed by atoms with Crippen LogP contribution in [0.2, 0.25) is 0 Å². The van der Waals surface area contributed by atoms with E-state index in [1.54, 1.807) is 0 Å². The van der Waals surface area contributed by atoms with Crippen LogP contribution in [0.3, 0.4) is 0 Å². The maximum absolute atomic E-state index is 12.1. The maximum Gasteiger partial charge on any atom is 0.225 e. The Kier molecular flexibility index (Phi) is 5.45. The average molecular weight is 292 g/mol. The number of nitrogens with zero attached hydrogens (tertiary/aromatic N) is 1. The largest absolute Gasteiger partial charge is 0.465 e. The Labute approximate surface area is 127 Å². The fourth-order valence-electron chi connectivity index (χ4n) is 3.09.